The Morgan fingerprint density at radius 3 is 2.75 bits per heavy atom. The van der Waals surface area contributed by atoms with Gasteiger partial charge in [-0.1, -0.05) is 18.8 Å². The van der Waals surface area contributed by atoms with Gasteiger partial charge in [0.1, 0.15) is 0 Å². The fourth-order valence-corrected chi connectivity index (χ4v) is 2.68. The van der Waals surface area contributed by atoms with Gasteiger partial charge in [0, 0.05) is 25.5 Å². The second kappa shape index (κ2) is 8.75. The van der Waals surface area contributed by atoms with E-state index in [0.29, 0.717) is 13.1 Å². The summed E-state index contributed by atoms with van der Waals surface area (Å²) in [4.78, 5) is 17.9. The molecule has 0 bridgehead atoms. The van der Waals surface area contributed by atoms with Gasteiger partial charge in [0.25, 0.3) is 0 Å². The fourth-order valence-electron chi connectivity index (χ4n) is 1.75. The lowest BCUT2D eigenvalue weighted by atomic mass is 10.3. The van der Waals surface area contributed by atoms with Gasteiger partial charge in [-0.05, 0) is 25.1 Å². The molecule has 5 heteroatoms. The zero-order chi connectivity index (χ0) is 15.0. The molecule has 1 aromatic heterocycles. The van der Waals surface area contributed by atoms with Gasteiger partial charge < -0.3 is 10.6 Å². The van der Waals surface area contributed by atoms with Crippen LogP contribution in [0.2, 0.25) is 0 Å². The van der Waals surface area contributed by atoms with Crippen LogP contribution >= 0.6 is 11.3 Å². The first kappa shape index (κ1) is 16.7. The summed E-state index contributed by atoms with van der Waals surface area (Å²) in [5, 5.41) is 0. The van der Waals surface area contributed by atoms with Crippen molar-refractivity contribution < 1.29 is 4.79 Å². The number of carbonyl (C=O) groups is 1. The van der Waals surface area contributed by atoms with Crippen LogP contribution in [-0.2, 0) is 11.3 Å². The van der Waals surface area contributed by atoms with E-state index in [0.717, 1.165) is 24.4 Å². The average Bonchev–Trinajstić information content (AvgIpc) is 2.84. The number of amides is 1. The molecule has 0 aliphatic rings. The second-order valence-electron chi connectivity index (χ2n) is 4.77. The minimum absolute atomic E-state index is 0.137. The van der Waals surface area contributed by atoms with Crippen LogP contribution < -0.4 is 5.73 Å². The van der Waals surface area contributed by atoms with E-state index in [1.807, 2.05) is 6.07 Å². The quantitative estimate of drug-likeness (QED) is 0.806. The van der Waals surface area contributed by atoms with Crippen LogP contribution in [0.1, 0.15) is 23.1 Å². The molecule has 0 unspecified atom stereocenters. The van der Waals surface area contributed by atoms with Crippen molar-refractivity contribution in [2.75, 3.05) is 33.7 Å². The molecule has 0 saturated carbocycles. The fraction of sp³-hybridized carbons (Fsp3) is 0.533. The number of thiophene rings is 1. The van der Waals surface area contributed by atoms with Gasteiger partial charge in [-0.25, -0.2) is 0 Å². The van der Waals surface area contributed by atoms with Crippen LogP contribution in [0.5, 0.6) is 0 Å². The minimum Gasteiger partial charge on any atom is -0.348 e. The molecular weight excluding hydrogens is 270 g/mol. The first-order valence-corrected chi connectivity index (χ1v) is 7.58. The highest BCUT2D eigenvalue weighted by Crippen LogP contribution is 2.17. The van der Waals surface area contributed by atoms with Crippen molar-refractivity contribution >= 4 is 17.2 Å². The van der Waals surface area contributed by atoms with Gasteiger partial charge in [-0.3, -0.25) is 9.69 Å². The number of hydrogen-bond acceptors (Lipinski definition) is 4. The summed E-state index contributed by atoms with van der Waals surface area (Å²) in [7, 11) is 3.58. The van der Waals surface area contributed by atoms with Crippen molar-refractivity contribution in [2.45, 2.75) is 19.9 Å². The summed E-state index contributed by atoms with van der Waals surface area (Å²) in [6, 6.07) is 4.09. The number of hydrogen-bond donors (Lipinski definition) is 1. The summed E-state index contributed by atoms with van der Waals surface area (Å²) >= 11 is 1.67. The molecule has 1 amide bonds. The van der Waals surface area contributed by atoms with Crippen LogP contribution in [0, 0.1) is 11.8 Å². The molecule has 0 fully saturated rings. The molecule has 1 rings (SSSR count). The zero-order valence-electron chi connectivity index (χ0n) is 12.5. The second-order valence-corrected chi connectivity index (χ2v) is 5.94. The number of nitrogens with zero attached hydrogens (tertiary/aromatic N) is 2. The van der Waals surface area contributed by atoms with Crippen molar-refractivity contribution in [1.29, 1.82) is 0 Å². The van der Waals surface area contributed by atoms with Crippen LogP contribution in [0.3, 0.4) is 0 Å². The lowest BCUT2D eigenvalue weighted by molar-refractivity contribution is -0.130. The van der Waals surface area contributed by atoms with E-state index in [2.05, 4.69) is 29.7 Å². The molecule has 1 heterocycles. The van der Waals surface area contributed by atoms with Gasteiger partial charge in [-0.2, -0.15) is 0 Å². The van der Waals surface area contributed by atoms with E-state index in [4.69, 9.17) is 5.73 Å². The van der Waals surface area contributed by atoms with Crippen molar-refractivity contribution in [3.8, 4) is 11.8 Å². The first-order valence-electron chi connectivity index (χ1n) is 6.77. The summed E-state index contributed by atoms with van der Waals surface area (Å²) < 4.78 is 0. The highest BCUT2D eigenvalue weighted by Gasteiger charge is 2.12. The minimum atomic E-state index is 0.137. The molecule has 1 aromatic rings. The first-order chi connectivity index (χ1) is 9.56. The third kappa shape index (κ3) is 5.74. The SMILES string of the molecule is CCCN(CC(=O)N(C)C)Cc1ccc(C#CCN)s1. The highest BCUT2D eigenvalue weighted by atomic mass is 32.1. The maximum Gasteiger partial charge on any atom is 0.236 e. The topological polar surface area (TPSA) is 49.6 Å². The van der Waals surface area contributed by atoms with Crippen LogP contribution in [-0.4, -0.2) is 49.4 Å². The van der Waals surface area contributed by atoms with E-state index in [9.17, 15) is 4.79 Å². The molecule has 2 N–H and O–H groups in total. The Morgan fingerprint density at radius 1 is 1.40 bits per heavy atom. The smallest absolute Gasteiger partial charge is 0.236 e. The Kier molecular flexibility index (Phi) is 7.31. The molecular formula is C15H23N3OS. The Hall–Kier alpha value is -1.35. The molecule has 20 heavy (non-hydrogen) atoms. The lowest BCUT2D eigenvalue weighted by Gasteiger charge is -2.22. The normalized spacial score (nSPS) is 10.2. The van der Waals surface area contributed by atoms with E-state index in [1.54, 1.807) is 30.3 Å². The van der Waals surface area contributed by atoms with Gasteiger partial charge in [-0.15, -0.1) is 11.3 Å². The highest BCUT2D eigenvalue weighted by molar-refractivity contribution is 7.12. The van der Waals surface area contributed by atoms with Crippen molar-refractivity contribution in [3.63, 3.8) is 0 Å². The molecule has 110 valence electrons. The maximum atomic E-state index is 11.8. The Labute approximate surface area is 125 Å². The standard InChI is InChI=1S/C15H23N3OS/c1-4-10-18(12-15(19)17(2)3)11-14-8-7-13(20-14)6-5-9-16/h7-8H,4,9-12,16H2,1-3H3. The van der Waals surface area contributed by atoms with Crippen molar-refractivity contribution in [1.82, 2.24) is 9.80 Å². The monoisotopic (exact) mass is 293 g/mol. The third-order valence-corrected chi connectivity index (χ3v) is 3.74. The van der Waals surface area contributed by atoms with E-state index in [-0.39, 0.29) is 5.91 Å². The van der Waals surface area contributed by atoms with E-state index in [1.165, 1.54) is 4.88 Å². The molecule has 0 aliphatic carbocycles. The van der Waals surface area contributed by atoms with Gasteiger partial charge in [0.05, 0.1) is 18.0 Å². The lowest BCUT2D eigenvalue weighted by Crippen LogP contribution is -2.36. The van der Waals surface area contributed by atoms with Crippen LogP contribution in [0.4, 0.5) is 0 Å². The molecule has 0 radical (unpaired) electrons. The maximum absolute atomic E-state index is 11.8. The molecule has 0 atom stereocenters. The Morgan fingerprint density at radius 2 is 2.15 bits per heavy atom. The Bertz CT molecular complexity index is 485. The number of carbonyl (C=O) groups excluding carboxylic acids is 1. The summed E-state index contributed by atoms with van der Waals surface area (Å²) in [6.07, 6.45) is 1.03. The largest absolute Gasteiger partial charge is 0.348 e. The zero-order valence-corrected chi connectivity index (χ0v) is 13.3. The summed E-state index contributed by atoms with van der Waals surface area (Å²) in [5.74, 6) is 6.03. The van der Waals surface area contributed by atoms with Crippen molar-refractivity contribution in [2.24, 2.45) is 5.73 Å². The third-order valence-electron chi connectivity index (χ3n) is 2.75. The number of likely N-dealkylation sites (N-methyl/N-ethyl adjacent to an activating group) is 1. The van der Waals surface area contributed by atoms with Crippen LogP contribution in [0.25, 0.3) is 0 Å². The summed E-state index contributed by atoms with van der Waals surface area (Å²) in [5.41, 5.74) is 5.37. The number of nitrogens with two attached hydrogens (primary N) is 1. The number of rotatable bonds is 6. The van der Waals surface area contributed by atoms with Gasteiger partial charge in [0.15, 0.2) is 0 Å². The molecule has 0 aromatic carbocycles. The van der Waals surface area contributed by atoms with Crippen molar-refractivity contribution in [3.05, 3.63) is 21.9 Å². The predicted molar refractivity (Wildman–Crippen MR) is 84.5 cm³/mol. The average molecular weight is 293 g/mol. The molecule has 4 nitrogen and oxygen atoms in total. The van der Waals surface area contributed by atoms with Crippen LogP contribution in [0.15, 0.2) is 12.1 Å². The molecule has 0 spiro atoms. The summed E-state index contributed by atoms with van der Waals surface area (Å²) in [6.45, 7) is 4.68. The van der Waals surface area contributed by atoms with E-state index < -0.39 is 0 Å². The van der Waals surface area contributed by atoms with Gasteiger partial charge in [0.2, 0.25) is 5.91 Å². The molecule has 0 saturated heterocycles. The Balaban J connectivity index is 2.65. The van der Waals surface area contributed by atoms with Gasteiger partial charge >= 0.3 is 0 Å². The molecule has 0 aliphatic heterocycles. The van der Waals surface area contributed by atoms with E-state index >= 15 is 0 Å². The predicted octanol–water partition coefficient (Wildman–Crippen LogP) is 1.36.